The molecule has 0 aliphatic carbocycles. The fraction of sp³-hybridized carbons (Fsp3) is 1.00. The smallest absolute Gasteiger partial charge is 0.102 e. The maximum atomic E-state index is 8.62. The Morgan fingerprint density at radius 2 is 2.44 bits per heavy atom. The zero-order valence-electron chi connectivity index (χ0n) is 5.03. The van der Waals surface area contributed by atoms with Crippen LogP contribution in [0.3, 0.4) is 0 Å². The van der Waals surface area contributed by atoms with E-state index in [9.17, 15) is 0 Å². The normalized spacial score (nSPS) is 43.7. The molecule has 0 aromatic rings. The summed E-state index contributed by atoms with van der Waals surface area (Å²) in [5, 5.41) is 8.62. The van der Waals surface area contributed by atoms with E-state index in [1.165, 1.54) is 0 Å². The molecule has 0 aromatic heterocycles. The Morgan fingerprint density at radius 3 is 2.67 bits per heavy atom. The molecule has 0 saturated carbocycles. The van der Waals surface area contributed by atoms with Crippen molar-refractivity contribution in [2.45, 2.75) is 24.0 Å². The predicted octanol–water partition coefficient (Wildman–Crippen LogP) is -0.649. The van der Waals surface area contributed by atoms with Gasteiger partial charge in [-0.3, -0.25) is 0 Å². The molecule has 3 atom stereocenters. The third kappa shape index (κ3) is 1.58. The van der Waals surface area contributed by atoms with Gasteiger partial charge < -0.3 is 15.6 Å². The Hall–Kier alpha value is 0.230. The SMILES string of the molecule is NC1CC(S)OC1CO. The second kappa shape index (κ2) is 2.88. The summed E-state index contributed by atoms with van der Waals surface area (Å²) in [6, 6.07) is -0.0440. The molecule has 3 N–H and O–H groups in total. The van der Waals surface area contributed by atoms with Gasteiger partial charge in [0.1, 0.15) is 5.44 Å². The molecule has 0 radical (unpaired) electrons. The summed E-state index contributed by atoms with van der Waals surface area (Å²) in [5.41, 5.74) is 5.46. The highest BCUT2D eigenvalue weighted by atomic mass is 32.1. The van der Waals surface area contributed by atoms with Crippen LogP contribution in [0.15, 0.2) is 0 Å². The average molecular weight is 149 g/mol. The van der Waals surface area contributed by atoms with E-state index in [0.717, 1.165) is 6.42 Å². The molecule has 0 amide bonds. The molecule has 1 saturated heterocycles. The highest BCUT2D eigenvalue weighted by Crippen LogP contribution is 2.20. The Labute approximate surface area is 59.6 Å². The van der Waals surface area contributed by atoms with Crippen molar-refractivity contribution in [2.24, 2.45) is 5.73 Å². The minimum absolute atomic E-state index is 0.00176. The van der Waals surface area contributed by atoms with Crippen LogP contribution in [0, 0.1) is 0 Å². The number of ether oxygens (including phenoxy) is 1. The van der Waals surface area contributed by atoms with Crippen LogP contribution in [-0.2, 0) is 4.74 Å². The molecule has 0 spiro atoms. The lowest BCUT2D eigenvalue weighted by Crippen LogP contribution is -2.32. The van der Waals surface area contributed by atoms with Crippen molar-refractivity contribution in [2.75, 3.05) is 6.61 Å². The number of rotatable bonds is 1. The lowest BCUT2D eigenvalue weighted by molar-refractivity contribution is 0.0414. The maximum absolute atomic E-state index is 8.62. The molecule has 0 bridgehead atoms. The van der Waals surface area contributed by atoms with Gasteiger partial charge in [-0.05, 0) is 0 Å². The van der Waals surface area contributed by atoms with Crippen molar-refractivity contribution in [3.05, 3.63) is 0 Å². The number of aliphatic hydroxyl groups excluding tert-OH is 1. The standard InChI is InChI=1S/C5H11NO2S/c6-3-1-5(9)8-4(3)2-7/h3-5,7,9H,1-2,6H2. The fourth-order valence-electron chi connectivity index (χ4n) is 0.921. The van der Waals surface area contributed by atoms with E-state index in [-0.39, 0.29) is 24.2 Å². The highest BCUT2D eigenvalue weighted by Gasteiger charge is 2.29. The Morgan fingerprint density at radius 1 is 1.78 bits per heavy atom. The van der Waals surface area contributed by atoms with Gasteiger partial charge in [0.25, 0.3) is 0 Å². The average Bonchev–Trinajstić information content (AvgIpc) is 2.10. The molecular weight excluding hydrogens is 138 g/mol. The van der Waals surface area contributed by atoms with E-state index >= 15 is 0 Å². The van der Waals surface area contributed by atoms with Crippen molar-refractivity contribution in [1.82, 2.24) is 0 Å². The summed E-state index contributed by atoms with van der Waals surface area (Å²) in [6.07, 6.45) is 0.529. The van der Waals surface area contributed by atoms with E-state index in [0.29, 0.717) is 0 Å². The third-order valence-electron chi connectivity index (χ3n) is 1.46. The van der Waals surface area contributed by atoms with Crippen LogP contribution in [0.1, 0.15) is 6.42 Å². The molecule has 1 rings (SSSR count). The molecule has 1 heterocycles. The molecule has 0 aromatic carbocycles. The largest absolute Gasteiger partial charge is 0.394 e. The van der Waals surface area contributed by atoms with Gasteiger partial charge in [0.15, 0.2) is 0 Å². The summed E-state index contributed by atoms with van der Waals surface area (Å²) >= 11 is 4.05. The predicted molar refractivity (Wildman–Crippen MR) is 37.3 cm³/mol. The van der Waals surface area contributed by atoms with Gasteiger partial charge in [0.05, 0.1) is 12.7 Å². The zero-order valence-corrected chi connectivity index (χ0v) is 5.92. The lowest BCUT2D eigenvalue weighted by atomic mass is 10.2. The zero-order chi connectivity index (χ0) is 6.85. The van der Waals surface area contributed by atoms with Crippen LogP contribution in [0.5, 0.6) is 0 Å². The van der Waals surface area contributed by atoms with Gasteiger partial charge in [-0.15, -0.1) is 12.6 Å². The Balaban J connectivity index is 2.38. The first-order valence-corrected chi connectivity index (χ1v) is 3.45. The summed E-state index contributed by atoms with van der Waals surface area (Å²) < 4.78 is 5.11. The van der Waals surface area contributed by atoms with E-state index in [2.05, 4.69) is 12.6 Å². The van der Waals surface area contributed by atoms with E-state index < -0.39 is 0 Å². The van der Waals surface area contributed by atoms with E-state index in [1.807, 2.05) is 0 Å². The van der Waals surface area contributed by atoms with Gasteiger partial charge in [0.2, 0.25) is 0 Å². The highest BCUT2D eigenvalue weighted by molar-refractivity contribution is 7.80. The molecule has 1 aliphatic rings. The van der Waals surface area contributed by atoms with Crippen LogP contribution < -0.4 is 5.73 Å². The third-order valence-corrected chi connectivity index (χ3v) is 1.80. The molecule has 1 fully saturated rings. The summed E-state index contributed by atoms with van der Waals surface area (Å²) in [5.74, 6) is 0. The van der Waals surface area contributed by atoms with E-state index in [4.69, 9.17) is 15.6 Å². The van der Waals surface area contributed by atoms with Crippen molar-refractivity contribution in [3.63, 3.8) is 0 Å². The Kier molecular flexibility index (Phi) is 2.35. The van der Waals surface area contributed by atoms with Crippen LogP contribution >= 0.6 is 12.6 Å². The quantitative estimate of drug-likeness (QED) is 0.434. The summed E-state index contributed by atoms with van der Waals surface area (Å²) in [4.78, 5) is 0. The lowest BCUT2D eigenvalue weighted by Gasteiger charge is -2.09. The van der Waals surface area contributed by atoms with Crippen molar-refractivity contribution in [1.29, 1.82) is 0 Å². The molecule has 3 nitrogen and oxygen atoms in total. The topological polar surface area (TPSA) is 55.5 Å². The summed E-state index contributed by atoms with van der Waals surface area (Å²) in [7, 11) is 0. The summed E-state index contributed by atoms with van der Waals surface area (Å²) in [6.45, 7) is -0.00176. The van der Waals surface area contributed by atoms with Crippen LogP contribution in [0.2, 0.25) is 0 Å². The van der Waals surface area contributed by atoms with E-state index in [1.54, 1.807) is 0 Å². The maximum Gasteiger partial charge on any atom is 0.102 e. The van der Waals surface area contributed by atoms with Crippen LogP contribution in [0.25, 0.3) is 0 Å². The minimum atomic E-state index is -0.201. The van der Waals surface area contributed by atoms with Gasteiger partial charge in [-0.25, -0.2) is 0 Å². The second-order valence-electron chi connectivity index (χ2n) is 2.21. The van der Waals surface area contributed by atoms with Crippen LogP contribution in [-0.4, -0.2) is 29.3 Å². The Bertz CT molecular complexity index is 101. The second-order valence-corrected chi connectivity index (χ2v) is 2.79. The van der Waals surface area contributed by atoms with Gasteiger partial charge >= 0.3 is 0 Å². The number of nitrogens with two attached hydrogens (primary N) is 1. The van der Waals surface area contributed by atoms with Crippen molar-refractivity contribution < 1.29 is 9.84 Å². The molecular formula is C5H11NO2S. The molecule has 1 aliphatic heterocycles. The molecule has 3 unspecified atom stereocenters. The first-order chi connectivity index (χ1) is 4.24. The van der Waals surface area contributed by atoms with Crippen molar-refractivity contribution >= 4 is 12.6 Å². The van der Waals surface area contributed by atoms with Gasteiger partial charge in [-0.1, -0.05) is 0 Å². The number of hydrogen-bond acceptors (Lipinski definition) is 4. The van der Waals surface area contributed by atoms with Crippen molar-refractivity contribution in [3.8, 4) is 0 Å². The minimum Gasteiger partial charge on any atom is -0.394 e. The number of thiol groups is 1. The molecule has 54 valence electrons. The first-order valence-electron chi connectivity index (χ1n) is 2.94. The number of hydrogen-bond donors (Lipinski definition) is 3. The first kappa shape index (κ1) is 7.34. The van der Waals surface area contributed by atoms with Gasteiger partial charge in [0, 0.05) is 12.5 Å². The van der Waals surface area contributed by atoms with Gasteiger partial charge in [-0.2, -0.15) is 0 Å². The molecule has 9 heavy (non-hydrogen) atoms. The monoisotopic (exact) mass is 149 g/mol. The fourth-order valence-corrected chi connectivity index (χ4v) is 1.32. The van der Waals surface area contributed by atoms with Crippen LogP contribution in [0.4, 0.5) is 0 Å². The molecule has 4 heteroatoms. The number of aliphatic hydroxyl groups is 1.